The number of rotatable bonds is 7. The molecule has 0 radical (unpaired) electrons. The van der Waals surface area contributed by atoms with E-state index in [1.54, 1.807) is 55.5 Å². The van der Waals surface area contributed by atoms with Crippen LogP contribution in [0, 0.1) is 0 Å². The number of para-hydroxylation sites is 1. The highest BCUT2D eigenvalue weighted by atomic mass is 35.5. The van der Waals surface area contributed by atoms with E-state index in [9.17, 15) is 9.59 Å². The van der Waals surface area contributed by atoms with E-state index >= 15 is 0 Å². The second-order valence-corrected chi connectivity index (χ2v) is 5.54. The maximum absolute atomic E-state index is 12.7. The molecule has 0 heterocycles. The molecule has 0 saturated carbocycles. The average Bonchev–Trinajstić information content (AvgIpc) is 2.60. The van der Waals surface area contributed by atoms with Crippen LogP contribution < -0.4 is 4.74 Å². The van der Waals surface area contributed by atoms with E-state index in [2.05, 4.69) is 0 Å². The predicted octanol–water partition coefficient (Wildman–Crippen LogP) is 4.29. The van der Waals surface area contributed by atoms with Crippen molar-refractivity contribution in [2.24, 2.45) is 0 Å². The molecule has 2 rings (SSSR count). The van der Waals surface area contributed by atoms with Gasteiger partial charge in [-0.15, -0.1) is 0 Å². The fourth-order valence-corrected chi connectivity index (χ4v) is 2.33. The van der Waals surface area contributed by atoms with Gasteiger partial charge in [-0.1, -0.05) is 30.7 Å². The molecule has 0 amide bonds. The second-order valence-electron chi connectivity index (χ2n) is 5.10. The quantitative estimate of drug-likeness (QED) is 0.554. The van der Waals surface area contributed by atoms with Crippen molar-refractivity contribution in [1.82, 2.24) is 0 Å². The molecule has 126 valence electrons. The van der Waals surface area contributed by atoms with Crippen molar-refractivity contribution in [1.29, 1.82) is 0 Å². The van der Waals surface area contributed by atoms with Crippen molar-refractivity contribution in [3.63, 3.8) is 0 Å². The molecule has 1 atom stereocenters. The van der Waals surface area contributed by atoms with Crippen LogP contribution in [-0.4, -0.2) is 24.5 Å². The zero-order valence-electron chi connectivity index (χ0n) is 13.6. The minimum absolute atomic E-state index is 0.194. The van der Waals surface area contributed by atoms with Crippen LogP contribution in [0.5, 0.6) is 5.75 Å². The fourth-order valence-electron chi connectivity index (χ4n) is 2.20. The molecule has 4 nitrogen and oxygen atoms in total. The van der Waals surface area contributed by atoms with Crippen molar-refractivity contribution < 1.29 is 19.1 Å². The zero-order valence-corrected chi connectivity index (χ0v) is 14.4. The summed E-state index contributed by atoms with van der Waals surface area (Å²) in [5, 5.41) is 0.560. The van der Waals surface area contributed by atoms with Crippen molar-refractivity contribution in [2.75, 3.05) is 6.61 Å². The summed E-state index contributed by atoms with van der Waals surface area (Å²) in [4.78, 5) is 24.6. The number of hydrogen-bond acceptors (Lipinski definition) is 4. The Morgan fingerprint density at radius 3 is 2.33 bits per heavy atom. The predicted molar refractivity (Wildman–Crippen MR) is 92.7 cm³/mol. The molecule has 5 heteroatoms. The van der Waals surface area contributed by atoms with E-state index < -0.39 is 12.1 Å². The van der Waals surface area contributed by atoms with Gasteiger partial charge in [0.1, 0.15) is 5.75 Å². The van der Waals surface area contributed by atoms with Crippen LogP contribution >= 0.6 is 11.6 Å². The van der Waals surface area contributed by atoms with Crippen LogP contribution in [0.25, 0.3) is 0 Å². The summed E-state index contributed by atoms with van der Waals surface area (Å²) < 4.78 is 10.8. The van der Waals surface area contributed by atoms with Gasteiger partial charge < -0.3 is 9.47 Å². The maximum Gasteiger partial charge on any atom is 0.347 e. The number of benzene rings is 2. The minimum Gasteiger partial charge on any atom is -0.478 e. The largest absolute Gasteiger partial charge is 0.478 e. The lowest BCUT2D eigenvalue weighted by atomic mass is 10.0. The summed E-state index contributed by atoms with van der Waals surface area (Å²) in [6, 6.07) is 13.5. The molecule has 0 fully saturated rings. The number of halogens is 1. The van der Waals surface area contributed by atoms with E-state index in [1.165, 1.54) is 0 Å². The highest BCUT2D eigenvalue weighted by Gasteiger charge is 2.22. The summed E-state index contributed by atoms with van der Waals surface area (Å²) in [6.07, 6.45) is -0.299. The van der Waals surface area contributed by atoms with Crippen LogP contribution in [0.3, 0.4) is 0 Å². The number of hydrogen-bond donors (Lipinski definition) is 0. The number of ether oxygens (including phenoxy) is 2. The normalized spacial score (nSPS) is 11.6. The van der Waals surface area contributed by atoms with Gasteiger partial charge in [-0.25, -0.2) is 4.79 Å². The molecule has 2 aromatic carbocycles. The Morgan fingerprint density at radius 1 is 1.04 bits per heavy atom. The molecule has 0 bridgehead atoms. The van der Waals surface area contributed by atoms with Crippen LogP contribution in [-0.2, 0) is 9.53 Å². The Balaban J connectivity index is 2.28. The number of carbonyl (C=O) groups is 2. The van der Waals surface area contributed by atoms with Gasteiger partial charge in [-0.05, 0) is 49.7 Å². The Kier molecular flexibility index (Phi) is 6.38. The van der Waals surface area contributed by atoms with Crippen molar-refractivity contribution in [3.05, 3.63) is 64.7 Å². The Bertz CT molecular complexity index is 710. The molecule has 0 spiro atoms. The van der Waals surface area contributed by atoms with Gasteiger partial charge in [-0.2, -0.15) is 0 Å². The topological polar surface area (TPSA) is 52.6 Å². The van der Waals surface area contributed by atoms with Gasteiger partial charge >= 0.3 is 5.97 Å². The van der Waals surface area contributed by atoms with Gasteiger partial charge in [0.05, 0.1) is 12.2 Å². The van der Waals surface area contributed by atoms with E-state index in [0.717, 1.165) is 0 Å². The van der Waals surface area contributed by atoms with Gasteiger partial charge in [-0.3, -0.25) is 4.79 Å². The van der Waals surface area contributed by atoms with Crippen LogP contribution in [0.1, 0.15) is 36.2 Å². The smallest absolute Gasteiger partial charge is 0.347 e. The highest BCUT2D eigenvalue weighted by Crippen LogP contribution is 2.24. The second kappa shape index (κ2) is 8.50. The molecule has 2 aromatic rings. The number of ketones is 1. The maximum atomic E-state index is 12.7. The molecule has 0 aliphatic heterocycles. The highest BCUT2D eigenvalue weighted by molar-refractivity contribution is 6.30. The molecule has 0 aliphatic carbocycles. The first kappa shape index (κ1) is 18.0. The molecule has 0 N–H and O–H groups in total. The number of esters is 1. The summed E-state index contributed by atoms with van der Waals surface area (Å²) in [5.41, 5.74) is 0.891. The van der Waals surface area contributed by atoms with Gasteiger partial charge in [0.2, 0.25) is 0 Å². The van der Waals surface area contributed by atoms with Crippen molar-refractivity contribution >= 4 is 23.4 Å². The van der Waals surface area contributed by atoms with Gasteiger partial charge in [0.25, 0.3) is 0 Å². The molecule has 24 heavy (non-hydrogen) atoms. The number of carbonyl (C=O) groups excluding carboxylic acids is 2. The summed E-state index contributed by atoms with van der Waals surface area (Å²) >= 11 is 5.86. The Labute approximate surface area is 146 Å². The SMILES string of the molecule is CCOC(=O)C(CC)Oc1ccccc1C(=O)c1ccc(Cl)cc1. The molecular weight excluding hydrogens is 328 g/mol. The minimum atomic E-state index is -0.746. The lowest BCUT2D eigenvalue weighted by Gasteiger charge is -2.18. The monoisotopic (exact) mass is 346 g/mol. The molecule has 1 unspecified atom stereocenters. The third-order valence-electron chi connectivity index (χ3n) is 3.43. The van der Waals surface area contributed by atoms with Gasteiger partial charge in [0, 0.05) is 10.6 Å². The zero-order chi connectivity index (χ0) is 17.5. The third kappa shape index (κ3) is 4.36. The lowest BCUT2D eigenvalue weighted by molar-refractivity contribution is -0.151. The molecule has 0 saturated heterocycles. The molecule has 0 aliphatic rings. The first-order valence-electron chi connectivity index (χ1n) is 7.79. The van der Waals surface area contributed by atoms with E-state index in [1.807, 2.05) is 6.92 Å². The standard InChI is InChI=1S/C19H19ClO4/c1-3-16(19(22)23-4-2)24-17-8-6-5-7-15(17)18(21)13-9-11-14(20)12-10-13/h5-12,16H,3-4H2,1-2H3. The fraction of sp³-hybridized carbons (Fsp3) is 0.263. The summed E-state index contributed by atoms with van der Waals surface area (Å²) in [6.45, 7) is 3.85. The third-order valence-corrected chi connectivity index (χ3v) is 3.68. The van der Waals surface area contributed by atoms with Crippen LogP contribution in [0.4, 0.5) is 0 Å². The average molecular weight is 347 g/mol. The lowest BCUT2D eigenvalue weighted by Crippen LogP contribution is -2.29. The summed E-state index contributed by atoms with van der Waals surface area (Å²) in [5.74, 6) is -0.271. The van der Waals surface area contributed by atoms with Gasteiger partial charge in [0.15, 0.2) is 11.9 Å². The van der Waals surface area contributed by atoms with E-state index in [0.29, 0.717) is 28.3 Å². The van der Waals surface area contributed by atoms with Crippen LogP contribution in [0.15, 0.2) is 48.5 Å². The summed E-state index contributed by atoms with van der Waals surface area (Å²) in [7, 11) is 0. The first-order chi connectivity index (χ1) is 11.6. The first-order valence-corrected chi connectivity index (χ1v) is 8.17. The molecule has 0 aromatic heterocycles. The Morgan fingerprint density at radius 2 is 1.71 bits per heavy atom. The Hall–Kier alpha value is -2.33. The molecular formula is C19H19ClO4. The van der Waals surface area contributed by atoms with E-state index in [4.69, 9.17) is 21.1 Å². The van der Waals surface area contributed by atoms with Crippen LogP contribution in [0.2, 0.25) is 5.02 Å². The van der Waals surface area contributed by atoms with Crippen molar-refractivity contribution in [3.8, 4) is 5.75 Å². The van der Waals surface area contributed by atoms with Crippen molar-refractivity contribution in [2.45, 2.75) is 26.4 Å². The van der Waals surface area contributed by atoms with E-state index in [-0.39, 0.29) is 12.4 Å².